The van der Waals surface area contributed by atoms with Gasteiger partial charge in [-0.2, -0.15) is 0 Å². The van der Waals surface area contributed by atoms with Crippen molar-refractivity contribution in [3.05, 3.63) is 70.8 Å². The van der Waals surface area contributed by atoms with Crippen LogP contribution in [0.25, 0.3) is 10.8 Å². The largest absolute Gasteiger partial charge is 0.284 e. The average Bonchev–Trinajstić information content (AvgIpc) is 2.54. The maximum Gasteiger partial charge on any atom is 0.284 e. The number of sulfone groups is 1. The zero-order valence-electron chi connectivity index (χ0n) is 12.7. The van der Waals surface area contributed by atoms with Gasteiger partial charge in [0.2, 0.25) is 0 Å². The standard InChI is InChI=1S/C17H13NO4S2/c1-24(21,22)15-8-9-17(16(11-15)18(19)20)23-14-7-6-12-4-2-3-5-13(12)10-14/h2-11H,1H3. The minimum atomic E-state index is -3.49. The molecular formula is C17H13NO4S2. The smallest absolute Gasteiger partial charge is 0.258 e. The summed E-state index contributed by atoms with van der Waals surface area (Å²) in [5.41, 5.74) is -0.212. The van der Waals surface area contributed by atoms with Gasteiger partial charge in [0.1, 0.15) is 0 Å². The number of benzene rings is 3. The first-order valence-corrected chi connectivity index (χ1v) is 9.70. The van der Waals surface area contributed by atoms with Crippen LogP contribution in [-0.2, 0) is 9.84 Å². The van der Waals surface area contributed by atoms with Crippen molar-refractivity contribution in [2.75, 3.05) is 6.26 Å². The average molecular weight is 359 g/mol. The summed E-state index contributed by atoms with van der Waals surface area (Å²) in [6.45, 7) is 0. The molecule has 7 heteroatoms. The highest BCUT2D eigenvalue weighted by Gasteiger charge is 2.19. The summed E-state index contributed by atoms with van der Waals surface area (Å²) < 4.78 is 23.2. The molecule has 3 aromatic rings. The van der Waals surface area contributed by atoms with Gasteiger partial charge in [0, 0.05) is 17.2 Å². The Kier molecular flexibility index (Phi) is 4.29. The molecule has 0 unspecified atom stereocenters. The number of nitro benzene ring substituents is 1. The predicted molar refractivity (Wildman–Crippen MR) is 94.3 cm³/mol. The fraction of sp³-hybridized carbons (Fsp3) is 0.0588. The minimum absolute atomic E-state index is 0.0583. The molecule has 122 valence electrons. The van der Waals surface area contributed by atoms with Crippen LogP contribution < -0.4 is 0 Å². The number of hydrogen-bond acceptors (Lipinski definition) is 5. The van der Waals surface area contributed by atoms with Gasteiger partial charge in [0.05, 0.1) is 14.7 Å². The van der Waals surface area contributed by atoms with Crippen LogP contribution in [-0.4, -0.2) is 19.6 Å². The third-order valence-electron chi connectivity index (χ3n) is 3.50. The Bertz CT molecular complexity index is 1050. The first-order chi connectivity index (χ1) is 11.3. The molecule has 24 heavy (non-hydrogen) atoms. The molecule has 0 heterocycles. The molecule has 0 aliphatic carbocycles. The summed E-state index contributed by atoms with van der Waals surface area (Å²) in [7, 11) is -3.49. The molecule has 0 spiro atoms. The molecule has 0 atom stereocenters. The van der Waals surface area contributed by atoms with Crippen LogP contribution in [0.4, 0.5) is 5.69 Å². The van der Waals surface area contributed by atoms with Crippen molar-refractivity contribution >= 4 is 38.1 Å². The van der Waals surface area contributed by atoms with Gasteiger partial charge in [-0.05, 0) is 35.0 Å². The number of nitro groups is 1. The lowest BCUT2D eigenvalue weighted by atomic mass is 10.1. The van der Waals surface area contributed by atoms with Gasteiger partial charge in [-0.25, -0.2) is 8.42 Å². The zero-order valence-corrected chi connectivity index (χ0v) is 14.3. The van der Waals surface area contributed by atoms with Gasteiger partial charge >= 0.3 is 0 Å². The summed E-state index contributed by atoms with van der Waals surface area (Å²) in [4.78, 5) is 11.9. The lowest BCUT2D eigenvalue weighted by molar-refractivity contribution is -0.388. The monoisotopic (exact) mass is 359 g/mol. The second-order valence-electron chi connectivity index (χ2n) is 5.27. The van der Waals surface area contributed by atoms with E-state index in [4.69, 9.17) is 0 Å². The maximum absolute atomic E-state index is 11.6. The van der Waals surface area contributed by atoms with E-state index in [0.29, 0.717) is 4.90 Å². The Hall–Kier alpha value is -2.38. The molecular weight excluding hydrogens is 346 g/mol. The molecule has 0 radical (unpaired) electrons. The van der Waals surface area contributed by atoms with E-state index in [0.717, 1.165) is 28.0 Å². The van der Waals surface area contributed by atoms with Crippen molar-refractivity contribution < 1.29 is 13.3 Å². The number of fused-ring (bicyclic) bond motifs is 1. The molecule has 0 bridgehead atoms. The molecule has 3 aromatic carbocycles. The van der Waals surface area contributed by atoms with E-state index in [1.54, 1.807) is 0 Å². The highest BCUT2D eigenvalue weighted by Crippen LogP contribution is 2.37. The van der Waals surface area contributed by atoms with Crippen LogP contribution in [0.15, 0.2) is 75.4 Å². The van der Waals surface area contributed by atoms with Crippen LogP contribution in [0.1, 0.15) is 0 Å². The summed E-state index contributed by atoms with van der Waals surface area (Å²) in [5, 5.41) is 13.4. The fourth-order valence-electron chi connectivity index (χ4n) is 2.31. The summed E-state index contributed by atoms with van der Waals surface area (Å²) in [6, 6.07) is 17.6. The van der Waals surface area contributed by atoms with Gasteiger partial charge < -0.3 is 0 Å². The molecule has 0 saturated carbocycles. The zero-order chi connectivity index (χ0) is 17.3. The first kappa shape index (κ1) is 16.5. The third kappa shape index (κ3) is 3.42. The van der Waals surface area contributed by atoms with Crippen LogP contribution in [0.2, 0.25) is 0 Å². The molecule has 0 aromatic heterocycles. The van der Waals surface area contributed by atoms with Crippen LogP contribution >= 0.6 is 11.8 Å². The normalized spacial score (nSPS) is 11.5. The second kappa shape index (κ2) is 6.26. The Morgan fingerprint density at radius 2 is 1.67 bits per heavy atom. The van der Waals surface area contributed by atoms with Gasteiger partial charge in [0.25, 0.3) is 5.69 Å². The molecule has 0 fully saturated rings. The van der Waals surface area contributed by atoms with E-state index in [9.17, 15) is 18.5 Å². The lowest BCUT2D eigenvalue weighted by Gasteiger charge is -2.06. The van der Waals surface area contributed by atoms with E-state index in [2.05, 4.69) is 0 Å². The number of nitrogens with zero attached hydrogens (tertiary/aromatic N) is 1. The highest BCUT2D eigenvalue weighted by molar-refractivity contribution is 7.99. The van der Waals surface area contributed by atoms with E-state index >= 15 is 0 Å². The Morgan fingerprint density at radius 3 is 2.33 bits per heavy atom. The Balaban J connectivity index is 2.03. The first-order valence-electron chi connectivity index (χ1n) is 7.00. The Morgan fingerprint density at radius 1 is 0.958 bits per heavy atom. The maximum atomic E-state index is 11.6. The summed E-state index contributed by atoms with van der Waals surface area (Å²) >= 11 is 1.24. The Labute approximate surface area is 143 Å². The number of rotatable bonds is 4. The van der Waals surface area contributed by atoms with Gasteiger partial charge in [-0.1, -0.05) is 42.1 Å². The van der Waals surface area contributed by atoms with E-state index in [1.807, 2.05) is 42.5 Å². The van der Waals surface area contributed by atoms with Crippen molar-refractivity contribution in [3.63, 3.8) is 0 Å². The SMILES string of the molecule is CS(=O)(=O)c1ccc(Sc2ccc3ccccc3c2)c([N+](=O)[O-])c1. The van der Waals surface area contributed by atoms with Gasteiger partial charge in [0.15, 0.2) is 9.84 Å². The van der Waals surface area contributed by atoms with Gasteiger partial charge in [-0.15, -0.1) is 0 Å². The van der Waals surface area contributed by atoms with E-state index in [1.165, 1.54) is 23.9 Å². The van der Waals surface area contributed by atoms with Crippen molar-refractivity contribution in [1.82, 2.24) is 0 Å². The third-order valence-corrected chi connectivity index (χ3v) is 5.67. The molecule has 0 aliphatic rings. The fourth-order valence-corrected chi connectivity index (χ4v) is 3.91. The predicted octanol–water partition coefficient (Wildman–Crippen LogP) is 4.30. The van der Waals surface area contributed by atoms with Crippen LogP contribution in [0, 0.1) is 10.1 Å². The molecule has 0 saturated heterocycles. The van der Waals surface area contributed by atoms with Crippen molar-refractivity contribution in [2.24, 2.45) is 0 Å². The summed E-state index contributed by atoms with van der Waals surface area (Å²) in [5.74, 6) is 0. The van der Waals surface area contributed by atoms with Crippen molar-refractivity contribution in [1.29, 1.82) is 0 Å². The molecule has 0 aliphatic heterocycles. The molecule has 3 rings (SSSR count). The molecule has 5 nitrogen and oxygen atoms in total. The van der Waals surface area contributed by atoms with Crippen molar-refractivity contribution in [2.45, 2.75) is 14.7 Å². The van der Waals surface area contributed by atoms with Gasteiger partial charge in [-0.3, -0.25) is 10.1 Å². The topological polar surface area (TPSA) is 77.3 Å². The lowest BCUT2D eigenvalue weighted by Crippen LogP contribution is -1.99. The second-order valence-corrected chi connectivity index (χ2v) is 8.40. The summed E-state index contributed by atoms with van der Waals surface area (Å²) in [6.07, 6.45) is 1.03. The minimum Gasteiger partial charge on any atom is -0.258 e. The molecule has 0 N–H and O–H groups in total. The van der Waals surface area contributed by atoms with Crippen molar-refractivity contribution in [3.8, 4) is 0 Å². The molecule has 0 amide bonds. The quantitative estimate of drug-likeness (QED) is 0.512. The van der Waals surface area contributed by atoms with Crippen LogP contribution in [0.3, 0.4) is 0 Å². The highest BCUT2D eigenvalue weighted by atomic mass is 32.2. The van der Waals surface area contributed by atoms with Crippen LogP contribution in [0.5, 0.6) is 0 Å². The number of hydrogen-bond donors (Lipinski definition) is 0. The van der Waals surface area contributed by atoms with E-state index < -0.39 is 14.8 Å². The van der Waals surface area contributed by atoms with E-state index in [-0.39, 0.29) is 10.6 Å².